The molecule has 0 aliphatic rings. The number of benzene rings is 2. The van der Waals surface area contributed by atoms with Crippen molar-refractivity contribution >= 4 is 10.9 Å². The Morgan fingerprint density at radius 1 is 1.00 bits per heavy atom. The molecular formula is C18H18N2O. The van der Waals surface area contributed by atoms with Gasteiger partial charge in [0.25, 0.3) is 5.56 Å². The minimum Gasteiger partial charge on any atom is -0.322 e. The third-order valence-electron chi connectivity index (χ3n) is 3.87. The standard InChI is InChI=1S/C18H18N2O/c1-13-6-2-4-8-15(13)16(19)12-20-17-9-5-3-7-14(17)10-11-18(20)21/h2-11,16H,12,19H2,1H3. The van der Waals surface area contributed by atoms with Crippen LogP contribution in [0.5, 0.6) is 0 Å². The fourth-order valence-corrected chi connectivity index (χ4v) is 2.73. The van der Waals surface area contributed by atoms with Crippen molar-refractivity contribution < 1.29 is 0 Å². The van der Waals surface area contributed by atoms with Crippen molar-refractivity contribution in [1.82, 2.24) is 4.57 Å². The number of fused-ring (bicyclic) bond motifs is 1. The van der Waals surface area contributed by atoms with E-state index in [1.165, 1.54) is 0 Å². The molecule has 106 valence electrons. The molecule has 0 saturated carbocycles. The Kier molecular flexibility index (Phi) is 3.59. The molecule has 3 rings (SSSR count). The highest BCUT2D eigenvalue weighted by Crippen LogP contribution is 2.18. The van der Waals surface area contributed by atoms with Crippen LogP contribution in [0.15, 0.2) is 65.5 Å². The van der Waals surface area contributed by atoms with Crippen LogP contribution in [0.1, 0.15) is 17.2 Å². The second-order valence-corrected chi connectivity index (χ2v) is 5.30. The zero-order valence-corrected chi connectivity index (χ0v) is 12.0. The first kappa shape index (κ1) is 13.6. The van der Waals surface area contributed by atoms with Crippen LogP contribution in [0, 0.1) is 6.92 Å². The highest BCUT2D eigenvalue weighted by atomic mass is 16.1. The highest BCUT2D eigenvalue weighted by molar-refractivity contribution is 5.78. The van der Waals surface area contributed by atoms with Gasteiger partial charge in [-0.1, -0.05) is 42.5 Å². The summed E-state index contributed by atoms with van der Waals surface area (Å²) in [6.07, 6.45) is 0. The molecular weight excluding hydrogens is 260 g/mol. The predicted molar refractivity (Wildman–Crippen MR) is 86.3 cm³/mol. The van der Waals surface area contributed by atoms with Crippen LogP contribution in [0.3, 0.4) is 0 Å². The molecule has 3 aromatic rings. The SMILES string of the molecule is Cc1ccccc1C(N)Cn1c(=O)ccc2ccccc21. The molecule has 1 aromatic heterocycles. The van der Waals surface area contributed by atoms with Crippen LogP contribution in [0.2, 0.25) is 0 Å². The van der Waals surface area contributed by atoms with Gasteiger partial charge in [0, 0.05) is 18.7 Å². The first-order chi connectivity index (χ1) is 10.2. The van der Waals surface area contributed by atoms with E-state index in [2.05, 4.69) is 0 Å². The number of aryl methyl sites for hydroxylation is 1. The first-order valence-electron chi connectivity index (χ1n) is 7.06. The van der Waals surface area contributed by atoms with Crippen LogP contribution in [-0.2, 0) is 6.54 Å². The molecule has 0 spiro atoms. The number of rotatable bonds is 3. The Bertz CT molecular complexity index is 836. The summed E-state index contributed by atoms with van der Waals surface area (Å²) >= 11 is 0. The zero-order valence-electron chi connectivity index (χ0n) is 12.0. The van der Waals surface area contributed by atoms with E-state index in [9.17, 15) is 4.79 Å². The van der Waals surface area contributed by atoms with Gasteiger partial charge in [-0.05, 0) is 35.6 Å². The van der Waals surface area contributed by atoms with E-state index in [-0.39, 0.29) is 11.6 Å². The first-order valence-corrected chi connectivity index (χ1v) is 7.06. The Hall–Kier alpha value is -2.39. The molecule has 2 aromatic carbocycles. The maximum absolute atomic E-state index is 12.2. The van der Waals surface area contributed by atoms with Gasteiger partial charge in [0.05, 0.1) is 5.52 Å². The highest BCUT2D eigenvalue weighted by Gasteiger charge is 2.11. The maximum Gasteiger partial charge on any atom is 0.251 e. The summed E-state index contributed by atoms with van der Waals surface area (Å²) in [4.78, 5) is 12.2. The number of aromatic nitrogens is 1. The van der Waals surface area contributed by atoms with E-state index in [4.69, 9.17) is 5.73 Å². The number of pyridine rings is 1. The molecule has 0 amide bonds. The quantitative estimate of drug-likeness (QED) is 0.800. The van der Waals surface area contributed by atoms with E-state index >= 15 is 0 Å². The van der Waals surface area contributed by atoms with Crippen LogP contribution in [0.25, 0.3) is 10.9 Å². The van der Waals surface area contributed by atoms with Crippen molar-refractivity contribution in [3.63, 3.8) is 0 Å². The third-order valence-corrected chi connectivity index (χ3v) is 3.87. The summed E-state index contributed by atoms with van der Waals surface area (Å²) in [7, 11) is 0. The van der Waals surface area contributed by atoms with Crippen LogP contribution < -0.4 is 11.3 Å². The van der Waals surface area contributed by atoms with Crippen LogP contribution >= 0.6 is 0 Å². The number of hydrogen-bond acceptors (Lipinski definition) is 2. The maximum atomic E-state index is 12.2. The van der Waals surface area contributed by atoms with Gasteiger partial charge in [0.15, 0.2) is 0 Å². The molecule has 0 fully saturated rings. The van der Waals surface area contributed by atoms with E-state index in [1.54, 1.807) is 10.6 Å². The fourth-order valence-electron chi connectivity index (χ4n) is 2.73. The molecule has 3 heteroatoms. The van der Waals surface area contributed by atoms with Crippen LogP contribution in [0.4, 0.5) is 0 Å². The summed E-state index contributed by atoms with van der Waals surface area (Å²) < 4.78 is 1.76. The van der Waals surface area contributed by atoms with E-state index in [0.29, 0.717) is 6.54 Å². The molecule has 1 atom stereocenters. The lowest BCUT2D eigenvalue weighted by Crippen LogP contribution is -2.26. The lowest BCUT2D eigenvalue weighted by molar-refractivity contribution is 0.575. The second kappa shape index (κ2) is 5.54. The van der Waals surface area contributed by atoms with Crippen molar-refractivity contribution in [2.45, 2.75) is 19.5 Å². The van der Waals surface area contributed by atoms with Gasteiger partial charge in [-0.3, -0.25) is 4.79 Å². The van der Waals surface area contributed by atoms with E-state index < -0.39 is 0 Å². The molecule has 0 aliphatic carbocycles. The average Bonchev–Trinajstić information content (AvgIpc) is 2.50. The minimum atomic E-state index is -0.199. The number of para-hydroxylation sites is 1. The topological polar surface area (TPSA) is 48.0 Å². The predicted octanol–water partition coefficient (Wildman–Crippen LogP) is 3.01. The van der Waals surface area contributed by atoms with Gasteiger partial charge >= 0.3 is 0 Å². The Morgan fingerprint density at radius 3 is 2.52 bits per heavy atom. The van der Waals surface area contributed by atoms with Crippen molar-refractivity contribution in [3.05, 3.63) is 82.1 Å². The fraction of sp³-hybridized carbons (Fsp3) is 0.167. The van der Waals surface area contributed by atoms with Gasteiger partial charge in [0.1, 0.15) is 0 Å². The molecule has 0 radical (unpaired) electrons. The van der Waals surface area contributed by atoms with E-state index in [0.717, 1.165) is 22.0 Å². The normalized spacial score (nSPS) is 12.5. The second-order valence-electron chi connectivity index (χ2n) is 5.30. The largest absolute Gasteiger partial charge is 0.322 e. The van der Waals surface area contributed by atoms with Gasteiger partial charge in [-0.25, -0.2) is 0 Å². The lowest BCUT2D eigenvalue weighted by Gasteiger charge is -2.17. The molecule has 1 heterocycles. The molecule has 1 unspecified atom stereocenters. The summed E-state index contributed by atoms with van der Waals surface area (Å²) in [5, 5.41) is 1.05. The molecule has 3 nitrogen and oxygen atoms in total. The molecule has 0 saturated heterocycles. The smallest absolute Gasteiger partial charge is 0.251 e. The monoisotopic (exact) mass is 278 g/mol. The van der Waals surface area contributed by atoms with Gasteiger partial charge in [-0.2, -0.15) is 0 Å². The van der Waals surface area contributed by atoms with Gasteiger partial charge in [-0.15, -0.1) is 0 Å². The molecule has 2 N–H and O–H groups in total. The number of hydrogen-bond donors (Lipinski definition) is 1. The third kappa shape index (κ3) is 2.60. The minimum absolute atomic E-state index is 0.0160. The van der Waals surface area contributed by atoms with Gasteiger partial charge < -0.3 is 10.3 Å². The van der Waals surface area contributed by atoms with Crippen molar-refractivity contribution in [3.8, 4) is 0 Å². The summed E-state index contributed by atoms with van der Waals surface area (Å²) in [5.74, 6) is 0. The van der Waals surface area contributed by atoms with Gasteiger partial charge in [0.2, 0.25) is 0 Å². The Morgan fingerprint density at radius 2 is 1.71 bits per heavy atom. The Labute approximate surface area is 123 Å². The number of nitrogens with two attached hydrogens (primary N) is 1. The number of nitrogens with zero attached hydrogens (tertiary/aromatic N) is 1. The average molecular weight is 278 g/mol. The van der Waals surface area contributed by atoms with Crippen molar-refractivity contribution in [2.75, 3.05) is 0 Å². The summed E-state index contributed by atoms with van der Waals surface area (Å²) in [6.45, 7) is 2.52. The van der Waals surface area contributed by atoms with Crippen molar-refractivity contribution in [2.24, 2.45) is 5.73 Å². The Balaban J connectivity index is 2.04. The molecule has 21 heavy (non-hydrogen) atoms. The molecule has 0 bridgehead atoms. The summed E-state index contributed by atoms with van der Waals surface area (Å²) in [5.41, 5.74) is 9.47. The summed E-state index contributed by atoms with van der Waals surface area (Å²) in [6, 6.07) is 19.2. The van der Waals surface area contributed by atoms with Crippen molar-refractivity contribution in [1.29, 1.82) is 0 Å². The zero-order chi connectivity index (χ0) is 14.8. The lowest BCUT2D eigenvalue weighted by atomic mass is 10.0. The molecule has 0 aliphatic heterocycles. The van der Waals surface area contributed by atoms with Crippen LogP contribution in [-0.4, -0.2) is 4.57 Å². The van der Waals surface area contributed by atoms with E-state index in [1.807, 2.05) is 61.5 Å².